The number of hydrogen-bond donors (Lipinski definition) is 1. The molecule has 0 aliphatic heterocycles. The molecule has 0 radical (unpaired) electrons. The largest absolute Gasteiger partial charge is 0.363 e. The minimum Gasteiger partial charge on any atom is -0.363 e. The monoisotopic (exact) mass is 537 g/mol. The molecule has 0 spiro atoms. The molecule has 0 bridgehead atoms. The number of halogens is 1. The zero-order valence-electron chi connectivity index (χ0n) is 26.9. The van der Waals surface area contributed by atoms with Crippen molar-refractivity contribution in [1.82, 2.24) is 5.32 Å². The van der Waals surface area contributed by atoms with Gasteiger partial charge in [-0.05, 0) is 75.6 Å². The zero-order chi connectivity index (χ0) is 31.3. The molecule has 1 aliphatic carbocycles. The fraction of sp³-hybridized carbons (Fsp3) is 0.405. The maximum absolute atomic E-state index is 9.50. The molecule has 1 N–H and O–H groups in total. The lowest BCUT2D eigenvalue weighted by Crippen LogP contribution is -2.21. The number of allylic oxidation sites excluding steroid dienone is 8. The Morgan fingerprint density at radius 2 is 1.51 bits per heavy atom. The van der Waals surface area contributed by atoms with Crippen molar-refractivity contribution >= 4 is 0 Å². The van der Waals surface area contributed by atoms with Crippen molar-refractivity contribution < 1.29 is 4.39 Å². The van der Waals surface area contributed by atoms with Crippen LogP contribution in [-0.2, 0) is 0 Å². The molecule has 0 saturated heterocycles. The molecule has 2 rings (SSSR count). The van der Waals surface area contributed by atoms with E-state index in [1.54, 1.807) is 12.3 Å². The number of alkyl halides is 1. The summed E-state index contributed by atoms with van der Waals surface area (Å²) >= 11 is 0. The van der Waals surface area contributed by atoms with Crippen LogP contribution < -0.4 is 5.32 Å². The van der Waals surface area contributed by atoms with E-state index in [2.05, 4.69) is 134 Å². The maximum atomic E-state index is 9.50. The van der Waals surface area contributed by atoms with Gasteiger partial charge in [-0.15, -0.1) is 26.3 Å². The smallest absolute Gasteiger partial charge is 0.0785 e. The molecule has 1 nitrogen and oxygen atoms in total. The van der Waals surface area contributed by atoms with Crippen LogP contribution in [0.4, 0.5) is 4.39 Å². The lowest BCUT2D eigenvalue weighted by atomic mass is 9.71. The molecule has 0 aromatic heterocycles. The van der Waals surface area contributed by atoms with E-state index < -0.39 is 0 Å². The summed E-state index contributed by atoms with van der Waals surface area (Å²) in [6, 6.07) is 10.8. The molecule has 1 aliphatic rings. The molecule has 0 saturated carbocycles. The van der Waals surface area contributed by atoms with Gasteiger partial charge in [0.1, 0.15) is 0 Å². The summed E-state index contributed by atoms with van der Waals surface area (Å²) in [5.41, 5.74) is 6.64. The topological polar surface area (TPSA) is 12.0 Å². The van der Waals surface area contributed by atoms with E-state index in [1.165, 1.54) is 22.3 Å². The Labute approximate surface area is 243 Å². The highest BCUT2D eigenvalue weighted by molar-refractivity contribution is 5.32. The Morgan fingerprint density at radius 1 is 1.03 bits per heavy atom. The molecule has 0 fully saturated rings. The second kappa shape index (κ2) is 29.4. The van der Waals surface area contributed by atoms with Gasteiger partial charge in [0.2, 0.25) is 0 Å². The first-order valence-electron chi connectivity index (χ1n) is 13.8. The van der Waals surface area contributed by atoms with Crippen molar-refractivity contribution in [1.29, 1.82) is 0 Å². The van der Waals surface area contributed by atoms with Crippen LogP contribution in [0.25, 0.3) is 0 Å². The SMILES string of the molecule is C=C.C=C(C)C.C=CC.C=CNC(=C)/C(CCC)=C(\C)CC.CC(c1ccccc1)C1(C)C=CC=CC1.CF. The van der Waals surface area contributed by atoms with Crippen molar-refractivity contribution in [3.05, 3.63) is 134 Å². The summed E-state index contributed by atoms with van der Waals surface area (Å²) in [7, 11) is 0.500. The Balaban J connectivity index is -0.000000232. The Bertz CT molecular complexity index is 853. The summed E-state index contributed by atoms with van der Waals surface area (Å²) in [5, 5.41) is 3.06. The standard InChI is InChI=1S/C15H18.C12H21N.C4H8.C3H6.C2H4.CH3F/c1-13(14-9-5-3-6-10-14)15(2)11-7-4-8-12-15;1-6-9-12(10(4)7-2)11(5)13-8-3;1-4(2)3;1-3-2;2*1-2/h3-11,13H,12H2,1-2H3;8,13H,3,5-7,9H2,1-2,4H3;1H2,2-3H3;3H,1H2,2H3;1-2H2;1H3/b;12-10+;;;;. The Hall–Kier alpha value is -3.13. The number of benzene rings is 1. The highest BCUT2D eigenvalue weighted by Gasteiger charge is 2.29. The molecule has 1 aromatic rings. The summed E-state index contributed by atoms with van der Waals surface area (Å²) < 4.78 is 9.50. The van der Waals surface area contributed by atoms with Crippen LogP contribution >= 0.6 is 0 Å². The molecule has 220 valence electrons. The van der Waals surface area contributed by atoms with Crippen LogP contribution in [-0.4, -0.2) is 7.18 Å². The van der Waals surface area contributed by atoms with Gasteiger partial charge in [0.25, 0.3) is 0 Å². The van der Waals surface area contributed by atoms with Gasteiger partial charge in [-0.2, -0.15) is 0 Å². The summed E-state index contributed by atoms with van der Waals surface area (Å²) in [6.45, 7) is 37.6. The van der Waals surface area contributed by atoms with E-state index in [1.807, 2.05) is 20.8 Å². The van der Waals surface area contributed by atoms with E-state index in [0.29, 0.717) is 13.1 Å². The molecular weight excluding hydrogens is 477 g/mol. The van der Waals surface area contributed by atoms with Crippen molar-refractivity contribution in [2.75, 3.05) is 7.18 Å². The van der Waals surface area contributed by atoms with Crippen LogP contribution in [0.2, 0.25) is 0 Å². The minimum absolute atomic E-state index is 0.274. The quantitative estimate of drug-likeness (QED) is 0.257. The maximum Gasteiger partial charge on any atom is 0.0785 e. The van der Waals surface area contributed by atoms with Crippen LogP contribution in [0.5, 0.6) is 0 Å². The predicted molar refractivity (Wildman–Crippen MR) is 181 cm³/mol. The average molecular weight is 538 g/mol. The normalized spacial score (nSPS) is 15.4. The Morgan fingerprint density at radius 3 is 1.87 bits per heavy atom. The summed E-state index contributed by atoms with van der Waals surface area (Å²) in [5.74, 6) is 0.569. The number of hydrogen-bond acceptors (Lipinski definition) is 1. The van der Waals surface area contributed by atoms with Crippen molar-refractivity contribution in [2.24, 2.45) is 5.41 Å². The van der Waals surface area contributed by atoms with Gasteiger partial charge >= 0.3 is 0 Å². The van der Waals surface area contributed by atoms with Gasteiger partial charge in [0, 0.05) is 5.70 Å². The van der Waals surface area contributed by atoms with Crippen LogP contribution in [0.3, 0.4) is 0 Å². The van der Waals surface area contributed by atoms with Gasteiger partial charge in [0.15, 0.2) is 0 Å². The third-order valence-corrected chi connectivity index (χ3v) is 5.76. The number of nitrogens with one attached hydrogen (secondary N) is 1. The average Bonchev–Trinajstić information content (AvgIpc) is 2.94. The van der Waals surface area contributed by atoms with Crippen molar-refractivity contribution in [3.63, 3.8) is 0 Å². The van der Waals surface area contributed by atoms with Gasteiger partial charge < -0.3 is 5.32 Å². The van der Waals surface area contributed by atoms with Gasteiger partial charge in [-0.25, -0.2) is 0 Å². The second-order valence-corrected chi connectivity index (χ2v) is 9.43. The zero-order valence-corrected chi connectivity index (χ0v) is 26.9. The molecule has 0 heterocycles. The first-order chi connectivity index (χ1) is 18.5. The van der Waals surface area contributed by atoms with Crippen molar-refractivity contribution in [3.8, 4) is 0 Å². The van der Waals surface area contributed by atoms with Crippen molar-refractivity contribution in [2.45, 2.75) is 87.0 Å². The lowest BCUT2D eigenvalue weighted by Gasteiger charge is -2.33. The van der Waals surface area contributed by atoms with Crippen LogP contribution in [0.15, 0.2) is 129 Å². The first kappa shape index (κ1) is 42.9. The number of rotatable bonds is 8. The van der Waals surface area contributed by atoms with E-state index >= 15 is 0 Å². The van der Waals surface area contributed by atoms with E-state index in [9.17, 15) is 4.39 Å². The summed E-state index contributed by atoms with van der Waals surface area (Å²) in [6.07, 6.45) is 16.8. The lowest BCUT2D eigenvalue weighted by molar-refractivity contribution is 0.355. The Kier molecular flexibility index (Phi) is 32.4. The highest BCUT2D eigenvalue weighted by atomic mass is 19.1. The molecule has 1 aromatic carbocycles. The van der Waals surface area contributed by atoms with E-state index in [4.69, 9.17) is 0 Å². The fourth-order valence-electron chi connectivity index (χ4n) is 3.48. The van der Waals surface area contributed by atoms with Crippen LogP contribution in [0, 0.1) is 5.41 Å². The molecular formula is C37H60FN. The summed E-state index contributed by atoms with van der Waals surface area (Å²) in [4.78, 5) is 0. The highest BCUT2D eigenvalue weighted by Crippen LogP contribution is 2.41. The molecule has 2 atom stereocenters. The van der Waals surface area contributed by atoms with Gasteiger partial charge in [-0.3, -0.25) is 4.39 Å². The first-order valence-corrected chi connectivity index (χ1v) is 13.8. The third kappa shape index (κ3) is 22.6. The second-order valence-electron chi connectivity index (χ2n) is 9.43. The van der Waals surface area contributed by atoms with Gasteiger partial charge in [0.05, 0.1) is 7.18 Å². The fourth-order valence-corrected chi connectivity index (χ4v) is 3.48. The third-order valence-electron chi connectivity index (χ3n) is 5.76. The minimum atomic E-state index is 0.274. The van der Waals surface area contributed by atoms with E-state index in [0.717, 1.165) is 31.4 Å². The molecule has 0 amide bonds. The van der Waals surface area contributed by atoms with Gasteiger partial charge in [-0.1, -0.05) is 119 Å². The van der Waals surface area contributed by atoms with E-state index in [-0.39, 0.29) is 5.41 Å². The predicted octanol–water partition coefficient (Wildman–Crippen LogP) is 12.2. The molecule has 2 heteroatoms. The molecule has 2 unspecified atom stereocenters. The molecule has 39 heavy (non-hydrogen) atoms. The van der Waals surface area contributed by atoms with Crippen LogP contribution in [0.1, 0.15) is 92.6 Å².